The van der Waals surface area contributed by atoms with Crippen molar-refractivity contribution < 1.29 is 23.4 Å². The van der Waals surface area contributed by atoms with Gasteiger partial charge in [0.15, 0.2) is 0 Å². The molecule has 2 aromatic rings. The number of benzene rings is 2. The van der Waals surface area contributed by atoms with Crippen molar-refractivity contribution in [3.05, 3.63) is 59.2 Å². The second-order valence-electron chi connectivity index (χ2n) is 4.99. The van der Waals surface area contributed by atoms with Crippen LogP contribution in [0.25, 0.3) is 0 Å². The largest absolute Gasteiger partial charge is 0.497 e. The molecule has 0 saturated heterocycles. The van der Waals surface area contributed by atoms with Crippen molar-refractivity contribution in [2.45, 2.75) is 12.6 Å². The van der Waals surface area contributed by atoms with Crippen LogP contribution in [0.5, 0.6) is 11.5 Å². The number of halogens is 2. The average molecular weight is 323 g/mol. The minimum atomic E-state index is -0.878. The van der Waals surface area contributed by atoms with E-state index in [1.54, 1.807) is 18.2 Å². The van der Waals surface area contributed by atoms with E-state index in [0.29, 0.717) is 17.1 Å². The third kappa shape index (κ3) is 4.40. The van der Waals surface area contributed by atoms with Crippen molar-refractivity contribution in [3.8, 4) is 11.5 Å². The molecule has 0 aliphatic carbocycles. The third-order valence-corrected chi connectivity index (χ3v) is 3.46. The lowest BCUT2D eigenvalue weighted by Gasteiger charge is -2.16. The van der Waals surface area contributed by atoms with E-state index in [2.05, 4.69) is 5.32 Å². The zero-order valence-corrected chi connectivity index (χ0v) is 13.0. The summed E-state index contributed by atoms with van der Waals surface area (Å²) in [5, 5.41) is 13.2. The van der Waals surface area contributed by atoms with Gasteiger partial charge < -0.3 is 19.9 Å². The Hall–Kier alpha value is -2.18. The summed E-state index contributed by atoms with van der Waals surface area (Å²) in [6.45, 7) is 0.256. The predicted molar refractivity (Wildman–Crippen MR) is 82.6 cm³/mol. The number of rotatable bonds is 7. The molecule has 2 aromatic carbocycles. The summed E-state index contributed by atoms with van der Waals surface area (Å²) in [5.41, 5.74) is 0.758. The SMILES string of the molecule is COc1ccc(OC)c(C(O)CNCc2cc(F)ccc2F)c1. The van der Waals surface area contributed by atoms with Crippen LogP contribution in [0, 0.1) is 11.6 Å². The van der Waals surface area contributed by atoms with Gasteiger partial charge in [-0.25, -0.2) is 8.78 Å². The van der Waals surface area contributed by atoms with Crippen molar-refractivity contribution in [1.29, 1.82) is 0 Å². The van der Waals surface area contributed by atoms with Crippen LogP contribution in [0.3, 0.4) is 0 Å². The Bertz CT molecular complexity index is 664. The van der Waals surface area contributed by atoms with Crippen LogP contribution in [0.1, 0.15) is 17.2 Å². The zero-order valence-electron chi connectivity index (χ0n) is 13.0. The van der Waals surface area contributed by atoms with E-state index < -0.39 is 17.7 Å². The van der Waals surface area contributed by atoms with E-state index in [9.17, 15) is 13.9 Å². The molecule has 1 atom stereocenters. The van der Waals surface area contributed by atoms with Crippen molar-refractivity contribution >= 4 is 0 Å². The highest BCUT2D eigenvalue weighted by Gasteiger charge is 2.14. The monoisotopic (exact) mass is 323 g/mol. The molecule has 0 radical (unpaired) electrons. The van der Waals surface area contributed by atoms with Gasteiger partial charge in [0.25, 0.3) is 0 Å². The maximum Gasteiger partial charge on any atom is 0.127 e. The predicted octanol–water partition coefficient (Wildman–Crippen LogP) is 2.81. The van der Waals surface area contributed by atoms with Gasteiger partial charge in [0.2, 0.25) is 0 Å². The summed E-state index contributed by atoms with van der Waals surface area (Å²) < 4.78 is 37.0. The van der Waals surface area contributed by atoms with Crippen LogP contribution in [-0.4, -0.2) is 25.9 Å². The van der Waals surface area contributed by atoms with Crippen LogP contribution in [0.2, 0.25) is 0 Å². The summed E-state index contributed by atoms with van der Waals surface area (Å²) in [6, 6.07) is 8.37. The fourth-order valence-corrected chi connectivity index (χ4v) is 2.23. The summed E-state index contributed by atoms with van der Waals surface area (Å²) >= 11 is 0. The van der Waals surface area contributed by atoms with Crippen molar-refractivity contribution in [1.82, 2.24) is 5.32 Å². The van der Waals surface area contributed by atoms with Gasteiger partial charge in [0, 0.05) is 24.2 Å². The topological polar surface area (TPSA) is 50.7 Å². The van der Waals surface area contributed by atoms with E-state index in [0.717, 1.165) is 18.2 Å². The molecule has 1 unspecified atom stereocenters. The molecule has 0 saturated carbocycles. The van der Waals surface area contributed by atoms with E-state index in [-0.39, 0.29) is 18.7 Å². The molecule has 6 heteroatoms. The molecule has 0 aliphatic heterocycles. The first kappa shape index (κ1) is 17.2. The van der Waals surface area contributed by atoms with Gasteiger partial charge in [-0.3, -0.25) is 0 Å². The van der Waals surface area contributed by atoms with Crippen LogP contribution in [-0.2, 0) is 6.54 Å². The Kier molecular flexibility index (Phi) is 5.90. The summed E-state index contributed by atoms with van der Waals surface area (Å²) in [7, 11) is 3.04. The number of hydrogen-bond acceptors (Lipinski definition) is 4. The lowest BCUT2D eigenvalue weighted by Crippen LogP contribution is -2.22. The fraction of sp³-hybridized carbons (Fsp3) is 0.294. The first-order valence-electron chi connectivity index (χ1n) is 7.09. The van der Waals surface area contributed by atoms with Crippen molar-refractivity contribution in [2.75, 3.05) is 20.8 Å². The first-order valence-corrected chi connectivity index (χ1v) is 7.09. The van der Waals surface area contributed by atoms with E-state index in [1.807, 2.05) is 0 Å². The Morgan fingerprint density at radius 2 is 1.87 bits per heavy atom. The molecule has 4 nitrogen and oxygen atoms in total. The van der Waals surface area contributed by atoms with Crippen LogP contribution < -0.4 is 14.8 Å². The summed E-state index contributed by atoms with van der Waals surface area (Å²) in [4.78, 5) is 0. The fourth-order valence-electron chi connectivity index (χ4n) is 2.23. The molecular weight excluding hydrogens is 304 g/mol. The number of hydrogen-bond donors (Lipinski definition) is 2. The number of aliphatic hydroxyl groups is 1. The van der Waals surface area contributed by atoms with E-state index in [4.69, 9.17) is 9.47 Å². The van der Waals surface area contributed by atoms with Gasteiger partial charge in [-0.1, -0.05) is 0 Å². The molecule has 0 amide bonds. The van der Waals surface area contributed by atoms with Crippen LogP contribution >= 0.6 is 0 Å². The number of aliphatic hydroxyl groups excluding tert-OH is 1. The molecule has 0 spiro atoms. The van der Waals surface area contributed by atoms with E-state index >= 15 is 0 Å². The summed E-state index contributed by atoms with van der Waals surface area (Å²) in [6.07, 6.45) is -0.878. The lowest BCUT2D eigenvalue weighted by molar-refractivity contribution is 0.169. The Labute approximate surface area is 133 Å². The summed E-state index contributed by atoms with van der Waals surface area (Å²) in [5.74, 6) is 0.124. The highest BCUT2D eigenvalue weighted by Crippen LogP contribution is 2.29. The Morgan fingerprint density at radius 3 is 2.57 bits per heavy atom. The molecule has 0 aromatic heterocycles. The third-order valence-electron chi connectivity index (χ3n) is 3.46. The molecule has 23 heavy (non-hydrogen) atoms. The first-order chi connectivity index (χ1) is 11.0. The van der Waals surface area contributed by atoms with Gasteiger partial charge >= 0.3 is 0 Å². The highest BCUT2D eigenvalue weighted by molar-refractivity contribution is 5.41. The molecule has 0 fully saturated rings. The minimum absolute atomic E-state index is 0.104. The maximum atomic E-state index is 13.5. The molecule has 0 bridgehead atoms. The van der Waals surface area contributed by atoms with Crippen molar-refractivity contribution in [3.63, 3.8) is 0 Å². The second-order valence-corrected chi connectivity index (χ2v) is 4.99. The normalized spacial score (nSPS) is 12.0. The van der Waals surface area contributed by atoms with Crippen molar-refractivity contribution in [2.24, 2.45) is 0 Å². The second kappa shape index (κ2) is 7.89. The van der Waals surface area contributed by atoms with Crippen LogP contribution in [0.15, 0.2) is 36.4 Å². The Morgan fingerprint density at radius 1 is 1.09 bits per heavy atom. The van der Waals surface area contributed by atoms with Gasteiger partial charge in [-0.2, -0.15) is 0 Å². The smallest absolute Gasteiger partial charge is 0.127 e. The number of methoxy groups -OCH3 is 2. The molecule has 2 rings (SSSR count). The van der Waals surface area contributed by atoms with Gasteiger partial charge in [0.1, 0.15) is 23.1 Å². The molecule has 124 valence electrons. The average Bonchev–Trinajstić information content (AvgIpc) is 2.57. The minimum Gasteiger partial charge on any atom is -0.497 e. The molecule has 0 heterocycles. The molecule has 0 aliphatic rings. The molecule has 2 N–H and O–H groups in total. The lowest BCUT2D eigenvalue weighted by atomic mass is 10.1. The van der Waals surface area contributed by atoms with Gasteiger partial charge in [-0.05, 0) is 36.4 Å². The highest BCUT2D eigenvalue weighted by atomic mass is 19.1. The maximum absolute atomic E-state index is 13.5. The number of ether oxygens (including phenoxy) is 2. The quantitative estimate of drug-likeness (QED) is 0.823. The zero-order chi connectivity index (χ0) is 16.8. The van der Waals surface area contributed by atoms with E-state index in [1.165, 1.54) is 14.2 Å². The van der Waals surface area contributed by atoms with Gasteiger partial charge in [0.05, 0.1) is 20.3 Å². The van der Waals surface area contributed by atoms with Crippen LogP contribution in [0.4, 0.5) is 8.78 Å². The standard InChI is InChI=1S/C17H19F2NO3/c1-22-13-4-6-17(23-2)14(8-13)16(21)10-20-9-11-7-12(18)3-5-15(11)19/h3-8,16,20-21H,9-10H2,1-2H3. The Balaban J connectivity index is 2.02. The van der Waals surface area contributed by atoms with Gasteiger partial charge in [-0.15, -0.1) is 0 Å². The number of nitrogens with one attached hydrogen (secondary N) is 1. The molecular formula is C17H19F2NO3.